The van der Waals surface area contributed by atoms with E-state index in [2.05, 4.69) is 40.4 Å². The van der Waals surface area contributed by atoms with Crippen molar-refractivity contribution in [1.29, 1.82) is 0 Å². The minimum atomic E-state index is 0.0783. The summed E-state index contributed by atoms with van der Waals surface area (Å²) in [6.07, 6.45) is 3.47. The first-order chi connectivity index (χ1) is 13.1. The third-order valence-corrected chi connectivity index (χ3v) is 5.43. The van der Waals surface area contributed by atoms with Gasteiger partial charge in [0.05, 0.1) is 30.6 Å². The lowest BCUT2D eigenvalue weighted by Gasteiger charge is -2.30. The fraction of sp³-hybridized carbons (Fsp3) is 0.429. The molecule has 1 saturated heterocycles. The van der Waals surface area contributed by atoms with Gasteiger partial charge in [-0.3, -0.25) is 14.4 Å². The normalized spacial score (nSPS) is 16.1. The van der Waals surface area contributed by atoms with Crippen LogP contribution in [0.15, 0.2) is 41.0 Å². The second-order valence-electron chi connectivity index (χ2n) is 7.44. The first-order valence-electron chi connectivity index (χ1n) is 9.55. The van der Waals surface area contributed by atoms with Gasteiger partial charge in [0.15, 0.2) is 0 Å². The number of hydrogen-bond acceptors (Lipinski definition) is 4. The molecule has 1 aliphatic heterocycles. The molecule has 142 valence electrons. The molecular formula is C21H26N4O2. The number of nitrogens with one attached hydrogen (secondary N) is 1. The van der Waals surface area contributed by atoms with Gasteiger partial charge in [0.1, 0.15) is 5.76 Å². The smallest absolute Gasteiger partial charge is 0.223 e. The van der Waals surface area contributed by atoms with Gasteiger partial charge in [-0.1, -0.05) is 11.6 Å². The molecule has 3 heterocycles. The molecule has 4 rings (SSSR count). The van der Waals surface area contributed by atoms with Crippen molar-refractivity contribution >= 4 is 16.8 Å². The van der Waals surface area contributed by atoms with Crippen LogP contribution in [0.1, 0.15) is 29.9 Å². The highest BCUT2D eigenvalue weighted by Crippen LogP contribution is 2.21. The maximum absolute atomic E-state index is 12.6. The van der Waals surface area contributed by atoms with Gasteiger partial charge >= 0.3 is 0 Å². The summed E-state index contributed by atoms with van der Waals surface area (Å²) in [6, 6.07) is 10.2. The zero-order valence-electron chi connectivity index (χ0n) is 15.9. The van der Waals surface area contributed by atoms with E-state index in [1.807, 2.05) is 23.9 Å². The van der Waals surface area contributed by atoms with Crippen molar-refractivity contribution in [3.63, 3.8) is 0 Å². The summed E-state index contributed by atoms with van der Waals surface area (Å²) >= 11 is 0. The molecule has 0 saturated carbocycles. The van der Waals surface area contributed by atoms with E-state index in [0.717, 1.165) is 54.8 Å². The molecule has 1 N–H and O–H groups in total. The molecule has 0 aliphatic carbocycles. The number of rotatable bonds is 5. The molecule has 0 unspecified atom stereocenters. The molecule has 1 amide bonds. The van der Waals surface area contributed by atoms with Crippen molar-refractivity contribution < 1.29 is 9.21 Å². The van der Waals surface area contributed by atoms with E-state index in [1.165, 1.54) is 5.56 Å². The van der Waals surface area contributed by atoms with Crippen molar-refractivity contribution in [3.05, 3.63) is 53.6 Å². The fourth-order valence-electron chi connectivity index (χ4n) is 3.87. The summed E-state index contributed by atoms with van der Waals surface area (Å²) in [4.78, 5) is 15.0. The van der Waals surface area contributed by atoms with Crippen LogP contribution in [-0.4, -0.2) is 33.7 Å². The lowest BCUT2D eigenvalue weighted by Crippen LogP contribution is -2.40. The van der Waals surface area contributed by atoms with Crippen molar-refractivity contribution in [3.8, 4) is 0 Å². The number of aryl methyl sites for hydroxylation is 2. The Morgan fingerprint density at radius 2 is 2.11 bits per heavy atom. The Labute approximate surface area is 159 Å². The SMILES string of the molecule is Cc1ccc2c(c1)c(CNC(=O)C1CCN(Cc3ccco3)CC1)nn2C. The number of benzene rings is 1. The van der Waals surface area contributed by atoms with Crippen LogP contribution in [0.25, 0.3) is 10.9 Å². The number of likely N-dealkylation sites (tertiary alicyclic amines) is 1. The summed E-state index contributed by atoms with van der Waals surface area (Å²) in [5, 5.41) is 8.80. The Morgan fingerprint density at radius 1 is 1.30 bits per heavy atom. The lowest BCUT2D eigenvalue weighted by molar-refractivity contribution is -0.126. The van der Waals surface area contributed by atoms with E-state index < -0.39 is 0 Å². The number of piperidine rings is 1. The number of nitrogens with zero attached hydrogens (tertiary/aromatic N) is 3. The van der Waals surface area contributed by atoms with E-state index in [1.54, 1.807) is 6.26 Å². The molecule has 1 aliphatic rings. The topological polar surface area (TPSA) is 63.3 Å². The Bertz CT molecular complexity index is 921. The maximum atomic E-state index is 12.6. The van der Waals surface area contributed by atoms with E-state index in [9.17, 15) is 4.79 Å². The van der Waals surface area contributed by atoms with Crippen LogP contribution in [0.5, 0.6) is 0 Å². The molecule has 6 heteroatoms. The molecule has 3 aromatic rings. The van der Waals surface area contributed by atoms with Gasteiger partial charge in [0, 0.05) is 18.4 Å². The quantitative estimate of drug-likeness (QED) is 0.754. The Balaban J connectivity index is 1.32. The maximum Gasteiger partial charge on any atom is 0.223 e. The number of fused-ring (bicyclic) bond motifs is 1. The number of aromatic nitrogens is 2. The van der Waals surface area contributed by atoms with Crippen molar-refractivity contribution in [2.75, 3.05) is 13.1 Å². The van der Waals surface area contributed by atoms with Gasteiger partial charge < -0.3 is 9.73 Å². The summed E-state index contributed by atoms with van der Waals surface area (Å²) in [7, 11) is 1.94. The molecular weight excluding hydrogens is 340 g/mol. The number of furan rings is 1. The number of amides is 1. The zero-order chi connectivity index (χ0) is 18.8. The Kier molecular flexibility index (Phi) is 4.99. The Morgan fingerprint density at radius 3 is 2.85 bits per heavy atom. The number of carbonyl (C=O) groups excluding carboxylic acids is 1. The van der Waals surface area contributed by atoms with E-state index in [4.69, 9.17) is 4.42 Å². The van der Waals surface area contributed by atoms with Crippen LogP contribution in [0.3, 0.4) is 0 Å². The zero-order valence-corrected chi connectivity index (χ0v) is 15.9. The summed E-state index contributed by atoms with van der Waals surface area (Å²) in [5.74, 6) is 1.20. The van der Waals surface area contributed by atoms with Crippen LogP contribution in [0, 0.1) is 12.8 Å². The van der Waals surface area contributed by atoms with Gasteiger partial charge in [-0.05, 0) is 57.1 Å². The predicted octanol–water partition coefficient (Wildman–Crippen LogP) is 3.00. The van der Waals surface area contributed by atoms with E-state index in [0.29, 0.717) is 6.54 Å². The minimum absolute atomic E-state index is 0.0783. The van der Waals surface area contributed by atoms with Crippen LogP contribution in [-0.2, 0) is 24.9 Å². The minimum Gasteiger partial charge on any atom is -0.468 e. The van der Waals surface area contributed by atoms with Gasteiger partial charge in [-0.15, -0.1) is 0 Å². The molecule has 0 radical (unpaired) electrons. The molecule has 0 spiro atoms. The first-order valence-corrected chi connectivity index (χ1v) is 9.55. The third kappa shape index (κ3) is 3.90. The second-order valence-corrected chi connectivity index (χ2v) is 7.44. The second kappa shape index (κ2) is 7.56. The van der Waals surface area contributed by atoms with E-state index in [-0.39, 0.29) is 11.8 Å². The fourth-order valence-corrected chi connectivity index (χ4v) is 3.87. The first kappa shape index (κ1) is 17.8. The third-order valence-electron chi connectivity index (χ3n) is 5.43. The average Bonchev–Trinajstić information content (AvgIpc) is 3.28. The molecule has 1 aromatic carbocycles. The Hall–Kier alpha value is -2.60. The molecule has 0 atom stereocenters. The molecule has 1 fully saturated rings. The predicted molar refractivity (Wildman–Crippen MR) is 104 cm³/mol. The average molecular weight is 366 g/mol. The monoisotopic (exact) mass is 366 g/mol. The molecule has 27 heavy (non-hydrogen) atoms. The van der Waals surface area contributed by atoms with Gasteiger partial charge in [0.25, 0.3) is 0 Å². The van der Waals surface area contributed by atoms with Crippen LogP contribution < -0.4 is 5.32 Å². The summed E-state index contributed by atoms with van der Waals surface area (Å²) in [6.45, 7) is 5.22. The molecule has 6 nitrogen and oxygen atoms in total. The highest BCUT2D eigenvalue weighted by Gasteiger charge is 2.25. The van der Waals surface area contributed by atoms with Crippen LogP contribution in [0.4, 0.5) is 0 Å². The van der Waals surface area contributed by atoms with Crippen LogP contribution in [0.2, 0.25) is 0 Å². The van der Waals surface area contributed by atoms with Crippen molar-refractivity contribution in [2.45, 2.75) is 32.9 Å². The van der Waals surface area contributed by atoms with E-state index >= 15 is 0 Å². The highest BCUT2D eigenvalue weighted by molar-refractivity contribution is 5.84. The number of hydrogen-bond donors (Lipinski definition) is 1. The highest BCUT2D eigenvalue weighted by atomic mass is 16.3. The van der Waals surface area contributed by atoms with Crippen molar-refractivity contribution in [1.82, 2.24) is 20.0 Å². The van der Waals surface area contributed by atoms with Crippen molar-refractivity contribution in [2.24, 2.45) is 13.0 Å². The number of carbonyl (C=O) groups is 1. The molecule has 2 aromatic heterocycles. The lowest BCUT2D eigenvalue weighted by atomic mass is 9.96. The summed E-state index contributed by atoms with van der Waals surface area (Å²) in [5.41, 5.74) is 3.22. The molecule has 0 bridgehead atoms. The largest absolute Gasteiger partial charge is 0.468 e. The van der Waals surface area contributed by atoms with Gasteiger partial charge in [-0.25, -0.2) is 0 Å². The standard InChI is InChI=1S/C21H26N4O2/c1-15-5-6-20-18(12-15)19(23-24(20)2)13-22-21(26)16-7-9-25(10-8-16)14-17-4-3-11-27-17/h3-6,11-12,16H,7-10,13-14H2,1-2H3,(H,22,26). The van der Waals surface area contributed by atoms with Gasteiger partial charge in [0.2, 0.25) is 5.91 Å². The van der Waals surface area contributed by atoms with Gasteiger partial charge in [-0.2, -0.15) is 5.10 Å². The summed E-state index contributed by atoms with van der Waals surface area (Å²) < 4.78 is 7.29. The van der Waals surface area contributed by atoms with Crippen LogP contribution >= 0.6 is 0 Å².